The van der Waals surface area contributed by atoms with E-state index in [0.717, 1.165) is 20.3 Å². The number of hydroxylamine groups is 1. The molecule has 3 heteroatoms. The SMILES string of the molecule is [O-][N+](=Cc1ccccc1Br)Cc1ccccc1. The number of halogens is 1. The van der Waals surface area contributed by atoms with E-state index >= 15 is 0 Å². The molecule has 0 atom stereocenters. The maximum Gasteiger partial charge on any atom is 0.183 e. The summed E-state index contributed by atoms with van der Waals surface area (Å²) in [5, 5.41) is 11.8. The first-order valence-electron chi connectivity index (χ1n) is 5.33. The minimum atomic E-state index is 0.363. The van der Waals surface area contributed by atoms with Gasteiger partial charge in [0.25, 0.3) is 0 Å². The number of hydrogen-bond acceptors (Lipinski definition) is 1. The Kier molecular flexibility index (Phi) is 3.94. The van der Waals surface area contributed by atoms with Gasteiger partial charge in [0.1, 0.15) is 0 Å². The van der Waals surface area contributed by atoms with Crippen LogP contribution in [0.1, 0.15) is 11.1 Å². The van der Waals surface area contributed by atoms with Crippen molar-refractivity contribution in [1.82, 2.24) is 0 Å². The van der Waals surface area contributed by atoms with Gasteiger partial charge in [-0.1, -0.05) is 42.5 Å². The van der Waals surface area contributed by atoms with E-state index in [1.165, 1.54) is 0 Å². The Morgan fingerprint density at radius 2 is 1.65 bits per heavy atom. The Balaban J connectivity index is 2.16. The maximum absolute atomic E-state index is 11.8. The van der Waals surface area contributed by atoms with E-state index in [4.69, 9.17) is 0 Å². The van der Waals surface area contributed by atoms with Crippen LogP contribution in [-0.4, -0.2) is 11.0 Å². The Morgan fingerprint density at radius 1 is 1.00 bits per heavy atom. The van der Waals surface area contributed by atoms with Gasteiger partial charge in [-0.25, -0.2) is 4.74 Å². The molecule has 0 unspecified atom stereocenters. The predicted molar refractivity (Wildman–Crippen MR) is 73.1 cm³/mol. The molecule has 0 heterocycles. The lowest BCUT2D eigenvalue weighted by Crippen LogP contribution is -2.05. The van der Waals surface area contributed by atoms with Crippen molar-refractivity contribution in [3.8, 4) is 0 Å². The molecule has 2 aromatic carbocycles. The van der Waals surface area contributed by atoms with E-state index in [9.17, 15) is 5.21 Å². The zero-order valence-corrected chi connectivity index (χ0v) is 10.8. The van der Waals surface area contributed by atoms with Crippen LogP contribution >= 0.6 is 15.9 Å². The standard InChI is InChI=1S/C14H12BrNO/c15-14-9-5-4-8-13(14)11-16(17)10-12-6-2-1-3-7-12/h1-9,11H,10H2. The maximum atomic E-state index is 11.8. The van der Waals surface area contributed by atoms with Gasteiger partial charge in [-0.3, -0.25) is 0 Å². The summed E-state index contributed by atoms with van der Waals surface area (Å²) in [6.07, 6.45) is 1.59. The zero-order valence-electron chi connectivity index (χ0n) is 9.21. The van der Waals surface area contributed by atoms with Gasteiger partial charge in [0.15, 0.2) is 12.8 Å². The van der Waals surface area contributed by atoms with Crippen molar-refractivity contribution < 1.29 is 4.74 Å². The highest BCUT2D eigenvalue weighted by molar-refractivity contribution is 9.10. The lowest BCUT2D eigenvalue weighted by molar-refractivity contribution is -0.469. The monoisotopic (exact) mass is 289 g/mol. The highest BCUT2D eigenvalue weighted by atomic mass is 79.9. The third kappa shape index (κ3) is 3.43. The van der Waals surface area contributed by atoms with Crippen LogP contribution in [0.15, 0.2) is 59.1 Å². The van der Waals surface area contributed by atoms with Crippen molar-refractivity contribution in [2.75, 3.05) is 0 Å². The summed E-state index contributed by atoms with van der Waals surface area (Å²) in [6, 6.07) is 17.3. The molecule has 0 aliphatic carbocycles. The summed E-state index contributed by atoms with van der Waals surface area (Å²) in [7, 11) is 0. The smallest absolute Gasteiger partial charge is 0.183 e. The van der Waals surface area contributed by atoms with Gasteiger partial charge in [-0.2, -0.15) is 0 Å². The molecule has 0 aliphatic heterocycles. The van der Waals surface area contributed by atoms with Crippen molar-refractivity contribution in [2.45, 2.75) is 6.54 Å². The Hall–Kier alpha value is -1.61. The largest absolute Gasteiger partial charge is 0.624 e. The molecule has 86 valence electrons. The highest BCUT2D eigenvalue weighted by Crippen LogP contribution is 2.13. The first-order chi connectivity index (χ1) is 8.25. The summed E-state index contributed by atoms with van der Waals surface area (Å²) >= 11 is 3.41. The van der Waals surface area contributed by atoms with Gasteiger partial charge in [-0.05, 0) is 28.1 Å². The molecule has 0 aliphatic rings. The Bertz CT molecular complexity index is 523. The topological polar surface area (TPSA) is 26.1 Å². The molecule has 0 amide bonds. The second kappa shape index (κ2) is 5.64. The van der Waals surface area contributed by atoms with Crippen LogP contribution < -0.4 is 0 Å². The summed E-state index contributed by atoms with van der Waals surface area (Å²) < 4.78 is 1.86. The molecule has 2 nitrogen and oxygen atoms in total. The van der Waals surface area contributed by atoms with Gasteiger partial charge in [-0.15, -0.1) is 0 Å². The van der Waals surface area contributed by atoms with Crippen LogP contribution in [0.3, 0.4) is 0 Å². The van der Waals surface area contributed by atoms with Gasteiger partial charge < -0.3 is 5.21 Å². The second-order valence-corrected chi connectivity index (χ2v) is 4.57. The molecule has 2 aromatic rings. The normalized spacial score (nSPS) is 11.5. The van der Waals surface area contributed by atoms with Crippen molar-refractivity contribution in [2.24, 2.45) is 0 Å². The van der Waals surface area contributed by atoms with Gasteiger partial charge >= 0.3 is 0 Å². The lowest BCUT2D eigenvalue weighted by atomic mass is 10.2. The molecule has 0 N–H and O–H groups in total. The first kappa shape index (κ1) is 11.9. The minimum Gasteiger partial charge on any atom is -0.624 e. The molecule has 0 bridgehead atoms. The fourth-order valence-corrected chi connectivity index (χ4v) is 1.93. The van der Waals surface area contributed by atoms with Crippen molar-refractivity contribution in [3.05, 3.63) is 75.4 Å². The van der Waals surface area contributed by atoms with E-state index in [2.05, 4.69) is 15.9 Å². The second-order valence-electron chi connectivity index (χ2n) is 3.71. The number of rotatable bonds is 3. The summed E-state index contributed by atoms with van der Waals surface area (Å²) in [4.78, 5) is 0. The van der Waals surface area contributed by atoms with Gasteiger partial charge in [0, 0.05) is 10.0 Å². The van der Waals surface area contributed by atoms with Crippen LogP contribution in [0.25, 0.3) is 0 Å². The third-order valence-corrected chi connectivity index (χ3v) is 3.09. The van der Waals surface area contributed by atoms with E-state index in [0.29, 0.717) is 6.54 Å². The average molecular weight is 290 g/mol. The molecule has 0 saturated carbocycles. The van der Waals surface area contributed by atoms with Crippen molar-refractivity contribution in [1.29, 1.82) is 0 Å². The Morgan fingerprint density at radius 3 is 2.35 bits per heavy atom. The van der Waals surface area contributed by atoms with E-state index < -0.39 is 0 Å². The molecule has 2 rings (SSSR count). The van der Waals surface area contributed by atoms with E-state index in [-0.39, 0.29) is 0 Å². The molecule has 0 radical (unpaired) electrons. The minimum absolute atomic E-state index is 0.363. The summed E-state index contributed by atoms with van der Waals surface area (Å²) in [5.74, 6) is 0. The van der Waals surface area contributed by atoms with Gasteiger partial charge in [0.2, 0.25) is 0 Å². The van der Waals surface area contributed by atoms with Gasteiger partial charge in [0.05, 0.1) is 5.56 Å². The fraction of sp³-hybridized carbons (Fsp3) is 0.0714. The number of hydrogen-bond donors (Lipinski definition) is 0. The number of benzene rings is 2. The molecule has 17 heavy (non-hydrogen) atoms. The molecular formula is C14H12BrNO. The third-order valence-electron chi connectivity index (χ3n) is 2.37. The van der Waals surface area contributed by atoms with Crippen LogP contribution in [-0.2, 0) is 6.54 Å². The molecule has 0 aromatic heterocycles. The van der Waals surface area contributed by atoms with E-state index in [1.807, 2.05) is 54.6 Å². The predicted octanol–water partition coefficient (Wildman–Crippen LogP) is 3.58. The summed E-state index contributed by atoms with van der Waals surface area (Å²) in [6.45, 7) is 0.363. The quantitative estimate of drug-likeness (QED) is 0.367. The van der Waals surface area contributed by atoms with Crippen LogP contribution in [0.5, 0.6) is 0 Å². The molecule has 0 fully saturated rings. The van der Waals surface area contributed by atoms with E-state index in [1.54, 1.807) is 6.21 Å². The van der Waals surface area contributed by atoms with Crippen LogP contribution in [0, 0.1) is 5.21 Å². The van der Waals surface area contributed by atoms with Crippen molar-refractivity contribution >= 4 is 22.1 Å². The fourth-order valence-electron chi connectivity index (χ4n) is 1.54. The summed E-state index contributed by atoms with van der Waals surface area (Å²) in [5.41, 5.74) is 1.89. The lowest BCUT2D eigenvalue weighted by Gasteiger charge is -2.04. The van der Waals surface area contributed by atoms with Crippen LogP contribution in [0.2, 0.25) is 0 Å². The zero-order chi connectivity index (χ0) is 12.1. The Labute approximate surface area is 109 Å². The first-order valence-corrected chi connectivity index (χ1v) is 6.12. The molecule has 0 spiro atoms. The van der Waals surface area contributed by atoms with Crippen molar-refractivity contribution in [3.63, 3.8) is 0 Å². The average Bonchev–Trinajstić information content (AvgIpc) is 2.33. The molecule has 0 saturated heterocycles. The number of nitrogens with zero attached hydrogens (tertiary/aromatic N) is 1. The molecular weight excluding hydrogens is 278 g/mol. The highest BCUT2D eigenvalue weighted by Gasteiger charge is 2.01. The van der Waals surface area contributed by atoms with Crippen LogP contribution in [0.4, 0.5) is 0 Å².